The Morgan fingerprint density at radius 3 is 2.62 bits per heavy atom. The molecular formula is C27H31ClFN5O5S. The molecule has 40 heavy (non-hydrogen) atoms. The van der Waals surface area contributed by atoms with Gasteiger partial charge in [0.05, 0.1) is 18.8 Å². The van der Waals surface area contributed by atoms with Crippen molar-refractivity contribution in [3.05, 3.63) is 62.5 Å². The summed E-state index contributed by atoms with van der Waals surface area (Å²) in [5.74, 6) is -1.26. The average Bonchev–Trinajstić information content (AvgIpc) is 3.38. The second-order valence-electron chi connectivity index (χ2n) is 11.0. The van der Waals surface area contributed by atoms with Gasteiger partial charge in [0.2, 0.25) is 0 Å². The van der Waals surface area contributed by atoms with E-state index in [1.54, 1.807) is 11.6 Å². The topological polar surface area (TPSA) is 125 Å². The lowest BCUT2D eigenvalue weighted by Gasteiger charge is -2.49. The number of aliphatic carboxylic acids is 1. The summed E-state index contributed by atoms with van der Waals surface area (Å²) in [6, 6.07) is 2.66. The number of amides is 1. The number of amidine groups is 1. The number of carbonyl (C=O) groups is 2. The molecular weight excluding hydrogens is 561 g/mol. The first-order valence-electron chi connectivity index (χ1n) is 13.0. The van der Waals surface area contributed by atoms with Crippen LogP contribution in [0.2, 0.25) is 5.02 Å². The summed E-state index contributed by atoms with van der Waals surface area (Å²) in [4.78, 5) is 36.4. The maximum atomic E-state index is 13.9. The van der Waals surface area contributed by atoms with Gasteiger partial charge in [-0.1, -0.05) is 17.7 Å². The van der Waals surface area contributed by atoms with E-state index in [1.165, 1.54) is 23.5 Å². The molecule has 10 nitrogen and oxygen atoms in total. The molecule has 2 fully saturated rings. The number of benzene rings is 1. The van der Waals surface area contributed by atoms with E-state index < -0.39 is 29.5 Å². The maximum Gasteiger partial charge on any atom is 0.407 e. The van der Waals surface area contributed by atoms with E-state index in [0.717, 1.165) is 6.07 Å². The predicted molar refractivity (Wildman–Crippen MR) is 148 cm³/mol. The van der Waals surface area contributed by atoms with E-state index in [0.29, 0.717) is 48.2 Å². The van der Waals surface area contributed by atoms with Gasteiger partial charge in [0, 0.05) is 52.5 Å². The van der Waals surface area contributed by atoms with Crippen molar-refractivity contribution in [3.63, 3.8) is 0 Å². The van der Waals surface area contributed by atoms with Gasteiger partial charge in [0.1, 0.15) is 17.5 Å². The highest BCUT2D eigenvalue weighted by Crippen LogP contribution is 2.37. The van der Waals surface area contributed by atoms with E-state index in [4.69, 9.17) is 21.1 Å². The third-order valence-corrected chi connectivity index (χ3v) is 8.09. The summed E-state index contributed by atoms with van der Waals surface area (Å²) in [5.41, 5.74) is 0.268. The van der Waals surface area contributed by atoms with Crippen LogP contribution in [-0.4, -0.2) is 76.4 Å². The molecule has 2 aromatic rings. The van der Waals surface area contributed by atoms with Gasteiger partial charge in [-0.3, -0.25) is 9.89 Å². The number of carbonyl (C=O) groups excluding carboxylic acids is 1. The number of halogens is 2. The molecule has 0 spiro atoms. The number of carboxylic acid groups (broad SMARTS) is 1. The molecule has 3 aliphatic rings. The first-order chi connectivity index (χ1) is 19.0. The smallest absolute Gasteiger partial charge is 0.407 e. The van der Waals surface area contributed by atoms with Crippen molar-refractivity contribution in [2.45, 2.75) is 63.4 Å². The van der Waals surface area contributed by atoms with Crippen LogP contribution in [0.3, 0.4) is 0 Å². The molecule has 4 heterocycles. The van der Waals surface area contributed by atoms with Crippen LogP contribution < -0.4 is 10.6 Å². The quantitative estimate of drug-likeness (QED) is 0.458. The van der Waals surface area contributed by atoms with Gasteiger partial charge in [0.15, 0.2) is 10.8 Å². The van der Waals surface area contributed by atoms with Crippen molar-refractivity contribution in [3.8, 4) is 0 Å². The second-order valence-corrected chi connectivity index (χ2v) is 12.3. The van der Waals surface area contributed by atoms with Crippen molar-refractivity contribution in [1.82, 2.24) is 20.5 Å². The molecule has 5 rings (SSSR count). The molecule has 4 atom stereocenters. The Bertz CT molecular complexity index is 1330. The SMILES string of the molecule is CC(C)(C)OC(=O)NC1C[C@H]2COC[C@@H](C1)N2CC1=C(C(=O)O)[C@H](c2ccc(F)cc2Cl)N=C(c2nccs2)N1. The molecule has 3 aliphatic heterocycles. The van der Waals surface area contributed by atoms with Crippen LogP contribution in [0.25, 0.3) is 0 Å². The summed E-state index contributed by atoms with van der Waals surface area (Å²) in [7, 11) is 0. The maximum absolute atomic E-state index is 13.9. The highest BCUT2D eigenvalue weighted by Gasteiger charge is 2.42. The summed E-state index contributed by atoms with van der Waals surface area (Å²) in [6.45, 7) is 6.62. The highest BCUT2D eigenvalue weighted by molar-refractivity contribution is 7.11. The van der Waals surface area contributed by atoms with Crippen LogP contribution in [0.5, 0.6) is 0 Å². The average molecular weight is 592 g/mol. The predicted octanol–water partition coefficient (Wildman–Crippen LogP) is 4.12. The Balaban J connectivity index is 1.44. The van der Waals surface area contributed by atoms with Gasteiger partial charge in [0.25, 0.3) is 0 Å². The highest BCUT2D eigenvalue weighted by atomic mass is 35.5. The number of hydrogen-bond donors (Lipinski definition) is 3. The molecule has 1 amide bonds. The van der Waals surface area contributed by atoms with Gasteiger partial charge in [-0.2, -0.15) is 0 Å². The number of aromatic nitrogens is 1. The molecule has 0 aliphatic carbocycles. The Kier molecular flexibility index (Phi) is 8.14. The van der Waals surface area contributed by atoms with Gasteiger partial charge in [-0.05, 0) is 45.7 Å². The molecule has 2 bridgehead atoms. The zero-order valence-corrected chi connectivity index (χ0v) is 23.9. The van der Waals surface area contributed by atoms with Crippen molar-refractivity contribution in [2.75, 3.05) is 19.8 Å². The number of ether oxygens (including phenoxy) is 2. The Morgan fingerprint density at radius 2 is 2.02 bits per heavy atom. The van der Waals surface area contributed by atoms with Gasteiger partial charge >= 0.3 is 12.1 Å². The van der Waals surface area contributed by atoms with Crippen molar-refractivity contribution in [1.29, 1.82) is 0 Å². The first kappa shape index (κ1) is 28.5. The van der Waals surface area contributed by atoms with Gasteiger partial charge in [-0.25, -0.2) is 19.0 Å². The van der Waals surface area contributed by atoms with E-state index in [1.807, 2.05) is 20.8 Å². The minimum absolute atomic E-state index is 0.0295. The fourth-order valence-corrected chi connectivity index (χ4v) is 6.25. The number of thiazole rings is 1. The monoisotopic (exact) mass is 591 g/mol. The molecule has 13 heteroatoms. The van der Waals surface area contributed by atoms with Crippen molar-refractivity contribution >= 4 is 40.8 Å². The Morgan fingerprint density at radius 1 is 1.30 bits per heavy atom. The molecule has 0 saturated carbocycles. The third-order valence-electron chi connectivity index (χ3n) is 6.98. The number of alkyl carbamates (subject to hydrolysis) is 1. The molecule has 214 valence electrons. The minimum atomic E-state index is -1.15. The Hall–Kier alpha value is -3.06. The number of carboxylic acids is 1. The normalized spacial score (nSPS) is 25.2. The summed E-state index contributed by atoms with van der Waals surface area (Å²) >= 11 is 7.76. The number of aliphatic imine (C=N–C) groups is 1. The van der Waals surface area contributed by atoms with E-state index in [2.05, 4.69) is 25.5 Å². The minimum Gasteiger partial charge on any atom is -0.478 e. The van der Waals surface area contributed by atoms with E-state index >= 15 is 0 Å². The number of hydrogen-bond acceptors (Lipinski definition) is 9. The molecule has 0 radical (unpaired) electrons. The first-order valence-corrected chi connectivity index (χ1v) is 14.2. The molecule has 1 unspecified atom stereocenters. The van der Waals surface area contributed by atoms with Crippen molar-refractivity contribution < 1.29 is 28.6 Å². The van der Waals surface area contributed by atoms with E-state index in [-0.39, 0.29) is 35.3 Å². The summed E-state index contributed by atoms with van der Waals surface area (Å²) < 4.78 is 25.1. The summed E-state index contributed by atoms with van der Waals surface area (Å²) in [5, 5.41) is 19.1. The van der Waals surface area contributed by atoms with Crippen LogP contribution in [0, 0.1) is 5.82 Å². The zero-order chi connectivity index (χ0) is 28.6. The number of nitrogens with zero attached hydrogens (tertiary/aromatic N) is 3. The van der Waals surface area contributed by atoms with Gasteiger partial charge < -0.3 is 25.2 Å². The van der Waals surface area contributed by atoms with Crippen LogP contribution in [0.4, 0.5) is 9.18 Å². The largest absolute Gasteiger partial charge is 0.478 e. The number of nitrogens with one attached hydrogen (secondary N) is 2. The Labute approximate surface area is 240 Å². The zero-order valence-electron chi connectivity index (χ0n) is 22.3. The van der Waals surface area contributed by atoms with E-state index in [9.17, 15) is 19.1 Å². The van der Waals surface area contributed by atoms with Crippen molar-refractivity contribution in [2.24, 2.45) is 4.99 Å². The molecule has 1 aromatic carbocycles. The fourth-order valence-electron chi connectivity index (χ4n) is 5.39. The number of piperidine rings is 1. The number of morpholine rings is 1. The third kappa shape index (κ3) is 6.30. The van der Waals surface area contributed by atoms with Crippen LogP contribution in [0.1, 0.15) is 50.2 Å². The number of rotatable bonds is 6. The standard InChI is InChI=1S/C27H31ClFN5O5S/c1-27(2,3)39-26(37)31-15-9-16-12-38-13-17(10-15)34(16)11-20-21(25(35)36)22(18-5-4-14(29)8-19(18)28)33-23(32-20)24-30-6-7-40-24/h4-8,15-17,22H,9-13H2,1-3H3,(H,31,37)(H,32,33)(H,35,36)/t15?,16-,17+,22-/m0/s1. The van der Waals surface area contributed by atoms with Crippen LogP contribution >= 0.6 is 22.9 Å². The molecule has 1 aromatic heterocycles. The summed E-state index contributed by atoms with van der Waals surface area (Å²) in [6.07, 6.45) is 2.42. The fraction of sp³-hybridized carbons (Fsp3) is 0.481. The number of fused-ring (bicyclic) bond motifs is 2. The second kappa shape index (κ2) is 11.4. The molecule has 3 N–H and O–H groups in total. The lowest BCUT2D eigenvalue weighted by atomic mass is 9.89. The van der Waals surface area contributed by atoms with Crippen LogP contribution in [0.15, 0.2) is 46.0 Å². The lowest BCUT2D eigenvalue weighted by Crippen LogP contribution is -2.61. The van der Waals surface area contributed by atoms with Crippen LogP contribution in [-0.2, 0) is 14.3 Å². The lowest BCUT2D eigenvalue weighted by molar-refractivity contribution is -0.133. The van der Waals surface area contributed by atoms with Gasteiger partial charge in [-0.15, -0.1) is 11.3 Å². The molecule has 2 saturated heterocycles.